The molecule has 7 nitrogen and oxygen atoms in total. The van der Waals surface area contributed by atoms with Crippen molar-refractivity contribution in [1.82, 2.24) is 9.62 Å². The Morgan fingerprint density at radius 1 is 1.19 bits per heavy atom. The molecule has 1 aliphatic heterocycles. The van der Waals surface area contributed by atoms with Crippen molar-refractivity contribution in [3.05, 3.63) is 56.3 Å². The Morgan fingerprint density at radius 2 is 2.04 bits per heavy atom. The SMILES string of the molecule is O=[N+]([O-])c1ccc2c(c1)CN(CCCCCNS(=O)(=O)c1ccsc1)CC2. The van der Waals surface area contributed by atoms with Crippen LogP contribution in [-0.2, 0) is 23.0 Å². The Bertz CT molecular complexity index is 882. The van der Waals surface area contributed by atoms with E-state index in [9.17, 15) is 18.5 Å². The zero-order valence-corrected chi connectivity index (χ0v) is 16.6. The van der Waals surface area contributed by atoms with Crippen molar-refractivity contribution < 1.29 is 13.3 Å². The fourth-order valence-electron chi connectivity index (χ4n) is 3.24. The van der Waals surface area contributed by atoms with Gasteiger partial charge in [0.15, 0.2) is 0 Å². The van der Waals surface area contributed by atoms with E-state index in [2.05, 4.69) is 9.62 Å². The molecule has 0 bridgehead atoms. The summed E-state index contributed by atoms with van der Waals surface area (Å²) in [6, 6.07) is 6.72. The van der Waals surface area contributed by atoms with Crippen LogP contribution < -0.4 is 4.72 Å². The maximum absolute atomic E-state index is 12.0. The minimum absolute atomic E-state index is 0.147. The van der Waals surface area contributed by atoms with Crippen molar-refractivity contribution in [2.45, 2.75) is 37.1 Å². The monoisotopic (exact) mass is 409 g/mol. The molecule has 0 fully saturated rings. The standard InChI is InChI=1S/C18H23N3O4S2/c22-21(23)17-5-4-15-6-10-20(13-16(15)12-17)9-3-1-2-8-19-27(24,25)18-7-11-26-14-18/h4-5,7,11-12,14,19H,1-3,6,8-10,13H2. The van der Waals surface area contributed by atoms with Gasteiger partial charge < -0.3 is 0 Å². The highest BCUT2D eigenvalue weighted by atomic mass is 32.2. The van der Waals surface area contributed by atoms with Gasteiger partial charge in [-0.1, -0.05) is 12.5 Å². The molecular formula is C18H23N3O4S2. The van der Waals surface area contributed by atoms with Crippen molar-refractivity contribution in [3.8, 4) is 0 Å². The van der Waals surface area contributed by atoms with E-state index in [0.29, 0.717) is 11.4 Å². The summed E-state index contributed by atoms with van der Waals surface area (Å²) in [6.07, 6.45) is 3.61. The number of thiophene rings is 1. The van der Waals surface area contributed by atoms with Gasteiger partial charge in [0.2, 0.25) is 10.0 Å². The first-order chi connectivity index (χ1) is 13.0. The zero-order valence-electron chi connectivity index (χ0n) is 15.0. The first-order valence-electron chi connectivity index (χ1n) is 8.96. The van der Waals surface area contributed by atoms with Crippen molar-refractivity contribution in [2.75, 3.05) is 19.6 Å². The largest absolute Gasteiger partial charge is 0.299 e. The average molecular weight is 410 g/mol. The Morgan fingerprint density at radius 3 is 2.78 bits per heavy atom. The van der Waals surface area contributed by atoms with Crippen LogP contribution in [-0.4, -0.2) is 37.9 Å². The molecule has 2 heterocycles. The number of nitrogens with zero attached hydrogens (tertiary/aromatic N) is 2. The summed E-state index contributed by atoms with van der Waals surface area (Å²) in [5.74, 6) is 0. The molecule has 1 aliphatic rings. The van der Waals surface area contributed by atoms with Crippen LogP contribution in [0.15, 0.2) is 39.9 Å². The van der Waals surface area contributed by atoms with E-state index in [4.69, 9.17) is 0 Å². The highest BCUT2D eigenvalue weighted by Gasteiger charge is 2.18. The van der Waals surface area contributed by atoms with Crippen LogP contribution in [0.1, 0.15) is 30.4 Å². The molecule has 9 heteroatoms. The minimum Gasteiger partial charge on any atom is -0.299 e. The normalized spacial score (nSPS) is 14.8. The van der Waals surface area contributed by atoms with Gasteiger partial charge in [-0.2, -0.15) is 11.3 Å². The van der Waals surface area contributed by atoms with E-state index in [1.165, 1.54) is 16.9 Å². The van der Waals surface area contributed by atoms with Crippen molar-refractivity contribution >= 4 is 27.0 Å². The smallest absolute Gasteiger partial charge is 0.269 e. The maximum atomic E-state index is 12.0. The number of nitro groups is 1. The third-order valence-corrected chi connectivity index (χ3v) is 7.03. The lowest BCUT2D eigenvalue weighted by atomic mass is 9.99. The van der Waals surface area contributed by atoms with Gasteiger partial charge in [-0.05, 0) is 48.4 Å². The van der Waals surface area contributed by atoms with Crippen LogP contribution >= 0.6 is 11.3 Å². The lowest BCUT2D eigenvalue weighted by Crippen LogP contribution is -2.31. The van der Waals surface area contributed by atoms with E-state index in [-0.39, 0.29) is 10.6 Å². The Labute approximate surface area is 163 Å². The Kier molecular flexibility index (Phi) is 6.59. The third-order valence-electron chi connectivity index (χ3n) is 4.74. The second-order valence-electron chi connectivity index (χ2n) is 6.65. The molecule has 1 N–H and O–H groups in total. The number of hydrogen-bond donors (Lipinski definition) is 1. The van der Waals surface area contributed by atoms with Gasteiger partial charge in [0.25, 0.3) is 5.69 Å². The number of rotatable bonds is 9. The van der Waals surface area contributed by atoms with E-state index in [1.54, 1.807) is 29.0 Å². The summed E-state index contributed by atoms with van der Waals surface area (Å²) in [5.41, 5.74) is 2.38. The van der Waals surface area contributed by atoms with E-state index in [1.807, 2.05) is 6.07 Å². The first kappa shape index (κ1) is 19.9. The molecule has 0 amide bonds. The number of nitrogens with one attached hydrogen (secondary N) is 1. The maximum Gasteiger partial charge on any atom is 0.269 e. The van der Waals surface area contributed by atoms with E-state index >= 15 is 0 Å². The van der Waals surface area contributed by atoms with Crippen LogP contribution in [0.2, 0.25) is 0 Å². The number of benzene rings is 1. The molecule has 0 atom stereocenters. The molecule has 0 unspecified atom stereocenters. The summed E-state index contributed by atoms with van der Waals surface area (Å²) in [5, 5.41) is 14.3. The van der Waals surface area contributed by atoms with Crippen LogP contribution in [0.5, 0.6) is 0 Å². The average Bonchev–Trinajstić information content (AvgIpc) is 3.19. The summed E-state index contributed by atoms with van der Waals surface area (Å²) in [4.78, 5) is 13.2. The summed E-state index contributed by atoms with van der Waals surface area (Å²) >= 11 is 1.37. The summed E-state index contributed by atoms with van der Waals surface area (Å²) < 4.78 is 26.6. The predicted molar refractivity (Wildman–Crippen MR) is 105 cm³/mol. The molecule has 1 aromatic heterocycles. The number of non-ortho nitro benzene ring substituents is 1. The van der Waals surface area contributed by atoms with Gasteiger partial charge in [0, 0.05) is 37.1 Å². The number of hydrogen-bond acceptors (Lipinski definition) is 6. The van der Waals surface area contributed by atoms with Gasteiger partial charge in [-0.25, -0.2) is 13.1 Å². The molecule has 0 saturated carbocycles. The molecule has 146 valence electrons. The van der Waals surface area contributed by atoms with Gasteiger partial charge in [0.1, 0.15) is 0 Å². The van der Waals surface area contributed by atoms with Gasteiger partial charge in [-0.15, -0.1) is 0 Å². The predicted octanol–water partition coefficient (Wildman–Crippen LogP) is 3.16. The molecule has 0 radical (unpaired) electrons. The van der Waals surface area contributed by atoms with E-state index in [0.717, 1.165) is 50.9 Å². The highest BCUT2D eigenvalue weighted by molar-refractivity contribution is 7.89. The second kappa shape index (κ2) is 8.92. The van der Waals surface area contributed by atoms with Crippen LogP contribution in [0.25, 0.3) is 0 Å². The van der Waals surface area contributed by atoms with Gasteiger partial charge in [0.05, 0.1) is 9.82 Å². The zero-order chi connectivity index (χ0) is 19.3. The molecule has 2 aromatic rings. The van der Waals surface area contributed by atoms with Crippen molar-refractivity contribution in [1.29, 1.82) is 0 Å². The molecule has 1 aromatic carbocycles. The summed E-state index contributed by atoms with van der Waals surface area (Å²) in [7, 11) is -3.37. The fraction of sp³-hybridized carbons (Fsp3) is 0.444. The Hall–Kier alpha value is -1.81. The highest BCUT2D eigenvalue weighted by Crippen LogP contribution is 2.24. The molecule has 3 rings (SSSR count). The number of unbranched alkanes of at least 4 members (excludes halogenated alkanes) is 2. The quantitative estimate of drug-likeness (QED) is 0.390. The van der Waals surface area contributed by atoms with Crippen LogP contribution in [0.3, 0.4) is 0 Å². The second-order valence-corrected chi connectivity index (χ2v) is 9.20. The lowest BCUT2D eigenvalue weighted by Gasteiger charge is -2.28. The fourth-order valence-corrected chi connectivity index (χ4v) is 5.34. The number of fused-ring (bicyclic) bond motifs is 1. The van der Waals surface area contributed by atoms with Gasteiger partial charge in [-0.3, -0.25) is 15.0 Å². The third kappa shape index (κ3) is 5.35. The molecule has 0 aliphatic carbocycles. The summed E-state index contributed by atoms with van der Waals surface area (Å²) in [6.45, 7) is 3.05. The van der Waals surface area contributed by atoms with Crippen LogP contribution in [0, 0.1) is 10.1 Å². The molecular weight excluding hydrogens is 386 g/mol. The number of sulfonamides is 1. The minimum atomic E-state index is -3.37. The van der Waals surface area contributed by atoms with Crippen molar-refractivity contribution in [3.63, 3.8) is 0 Å². The molecule has 27 heavy (non-hydrogen) atoms. The first-order valence-corrected chi connectivity index (χ1v) is 11.4. The topological polar surface area (TPSA) is 92.6 Å². The molecule has 0 saturated heterocycles. The van der Waals surface area contributed by atoms with E-state index < -0.39 is 10.0 Å². The number of nitro benzene ring substituents is 1. The Balaban J connectivity index is 1.38. The molecule has 0 spiro atoms. The lowest BCUT2D eigenvalue weighted by molar-refractivity contribution is -0.385. The van der Waals surface area contributed by atoms with Crippen molar-refractivity contribution in [2.24, 2.45) is 0 Å². The van der Waals surface area contributed by atoms with Crippen LogP contribution in [0.4, 0.5) is 5.69 Å². The van der Waals surface area contributed by atoms with Gasteiger partial charge >= 0.3 is 0 Å².